The number of carbonyl (C=O) groups excluding carboxylic acids is 1. The van der Waals surface area contributed by atoms with Gasteiger partial charge < -0.3 is 16.4 Å². The van der Waals surface area contributed by atoms with Crippen molar-refractivity contribution in [2.45, 2.75) is 13.5 Å². The van der Waals surface area contributed by atoms with E-state index in [4.69, 9.17) is 5.73 Å². The fraction of sp³-hybridized carbons (Fsp3) is 0.214. The first-order chi connectivity index (χ1) is 9.10. The molecular formula is C14H17N3OS. The first kappa shape index (κ1) is 13.4. The Kier molecular flexibility index (Phi) is 4.06. The zero-order valence-corrected chi connectivity index (χ0v) is 11.8. The third-order valence-corrected chi connectivity index (χ3v) is 3.79. The van der Waals surface area contributed by atoms with Gasteiger partial charge in [0.15, 0.2) is 0 Å². The van der Waals surface area contributed by atoms with Crippen LogP contribution >= 0.6 is 11.3 Å². The number of aryl methyl sites for hydroxylation is 1. The van der Waals surface area contributed by atoms with E-state index in [0.29, 0.717) is 17.8 Å². The Morgan fingerprint density at radius 3 is 2.74 bits per heavy atom. The molecule has 0 bridgehead atoms. The predicted octanol–water partition coefficient (Wildman–Crippen LogP) is 2.61. The summed E-state index contributed by atoms with van der Waals surface area (Å²) >= 11 is 1.75. The number of nitrogens with one attached hydrogen (secondary N) is 2. The minimum absolute atomic E-state index is 0.116. The number of benzene rings is 1. The van der Waals surface area contributed by atoms with Crippen molar-refractivity contribution in [2.24, 2.45) is 0 Å². The summed E-state index contributed by atoms with van der Waals surface area (Å²) in [5.74, 6) is -0.116. The molecular weight excluding hydrogens is 258 g/mol. The van der Waals surface area contributed by atoms with Crippen LogP contribution in [-0.2, 0) is 6.54 Å². The van der Waals surface area contributed by atoms with Crippen molar-refractivity contribution in [2.75, 3.05) is 18.1 Å². The Morgan fingerprint density at radius 2 is 2.11 bits per heavy atom. The molecule has 2 rings (SSSR count). The molecule has 5 heteroatoms. The lowest BCUT2D eigenvalue weighted by Gasteiger charge is -2.10. The highest BCUT2D eigenvalue weighted by Gasteiger charge is 2.07. The van der Waals surface area contributed by atoms with Crippen LogP contribution in [0, 0.1) is 6.92 Å². The molecule has 0 atom stereocenters. The van der Waals surface area contributed by atoms with E-state index in [9.17, 15) is 4.79 Å². The normalized spacial score (nSPS) is 10.2. The van der Waals surface area contributed by atoms with E-state index in [-0.39, 0.29) is 5.91 Å². The van der Waals surface area contributed by atoms with Crippen molar-refractivity contribution >= 4 is 28.6 Å². The van der Waals surface area contributed by atoms with Crippen LogP contribution in [0.4, 0.5) is 11.4 Å². The fourth-order valence-corrected chi connectivity index (χ4v) is 2.59. The minimum atomic E-state index is -0.116. The molecule has 0 aliphatic heterocycles. The first-order valence-corrected chi connectivity index (χ1v) is 6.82. The number of nitrogens with two attached hydrogens (primary N) is 1. The Labute approximate surface area is 116 Å². The molecule has 2 aromatic rings. The molecule has 0 saturated carbocycles. The summed E-state index contributed by atoms with van der Waals surface area (Å²) in [6.45, 7) is 2.79. The number of anilines is 2. The molecule has 1 heterocycles. The van der Waals surface area contributed by atoms with Crippen molar-refractivity contribution in [1.29, 1.82) is 0 Å². The van der Waals surface area contributed by atoms with E-state index in [0.717, 1.165) is 5.69 Å². The molecule has 0 saturated heterocycles. The average Bonchev–Trinajstić information content (AvgIpc) is 2.82. The maximum atomic E-state index is 11.6. The molecule has 4 nitrogen and oxygen atoms in total. The second-order valence-corrected chi connectivity index (χ2v) is 5.62. The Morgan fingerprint density at radius 1 is 1.32 bits per heavy atom. The summed E-state index contributed by atoms with van der Waals surface area (Å²) in [5.41, 5.74) is 7.93. The number of hydrogen-bond acceptors (Lipinski definition) is 4. The molecule has 1 aromatic heterocycles. The van der Waals surface area contributed by atoms with Crippen LogP contribution in [0.3, 0.4) is 0 Å². The number of hydrogen-bond donors (Lipinski definition) is 3. The van der Waals surface area contributed by atoms with Gasteiger partial charge in [0.05, 0.1) is 11.4 Å². The maximum Gasteiger partial charge on any atom is 0.251 e. The number of amides is 1. The van der Waals surface area contributed by atoms with Gasteiger partial charge in [0, 0.05) is 28.9 Å². The van der Waals surface area contributed by atoms with Crippen LogP contribution in [0.5, 0.6) is 0 Å². The molecule has 1 amide bonds. The van der Waals surface area contributed by atoms with E-state index < -0.39 is 0 Å². The molecule has 19 heavy (non-hydrogen) atoms. The van der Waals surface area contributed by atoms with E-state index in [1.807, 2.05) is 0 Å². The molecule has 100 valence electrons. The summed E-state index contributed by atoms with van der Waals surface area (Å²) in [7, 11) is 1.61. The van der Waals surface area contributed by atoms with Crippen LogP contribution in [-0.4, -0.2) is 13.0 Å². The molecule has 0 aliphatic rings. The van der Waals surface area contributed by atoms with Gasteiger partial charge in [-0.15, -0.1) is 11.3 Å². The third-order valence-electron chi connectivity index (χ3n) is 2.79. The molecule has 0 radical (unpaired) electrons. The smallest absolute Gasteiger partial charge is 0.251 e. The molecule has 0 spiro atoms. The lowest BCUT2D eigenvalue weighted by atomic mass is 10.1. The van der Waals surface area contributed by atoms with Crippen molar-refractivity contribution < 1.29 is 4.79 Å². The fourth-order valence-electron chi connectivity index (χ4n) is 1.76. The van der Waals surface area contributed by atoms with Gasteiger partial charge in [-0.2, -0.15) is 0 Å². The van der Waals surface area contributed by atoms with Crippen LogP contribution < -0.4 is 16.4 Å². The quantitative estimate of drug-likeness (QED) is 0.751. The summed E-state index contributed by atoms with van der Waals surface area (Å²) in [5, 5.41) is 5.87. The second-order valence-electron chi connectivity index (χ2n) is 4.25. The SMILES string of the molecule is CNC(=O)c1ccc(N)c(NCc2ccc(C)s2)c1. The van der Waals surface area contributed by atoms with Crippen LogP contribution in [0.15, 0.2) is 30.3 Å². The van der Waals surface area contributed by atoms with Gasteiger partial charge in [0.25, 0.3) is 5.91 Å². The highest BCUT2D eigenvalue weighted by atomic mass is 32.1. The average molecular weight is 275 g/mol. The van der Waals surface area contributed by atoms with Crippen LogP contribution in [0.2, 0.25) is 0 Å². The van der Waals surface area contributed by atoms with Crippen molar-refractivity contribution in [3.05, 3.63) is 45.6 Å². The van der Waals surface area contributed by atoms with E-state index in [1.54, 1.807) is 36.6 Å². The number of rotatable bonds is 4. The van der Waals surface area contributed by atoms with Gasteiger partial charge >= 0.3 is 0 Å². The third kappa shape index (κ3) is 3.26. The van der Waals surface area contributed by atoms with Crippen LogP contribution in [0.25, 0.3) is 0 Å². The number of carbonyl (C=O) groups is 1. The maximum absolute atomic E-state index is 11.6. The minimum Gasteiger partial charge on any atom is -0.397 e. The first-order valence-electron chi connectivity index (χ1n) is 6.01. The van der Waals surface area contributed by atoms with Gasteiger partial charge in [-0.05, 0) is 37.3 Å². The lowest BCUT2D eigenvalue weighted by Crippen LogP contribution is -2.18. The van der Waals surface area contributed by atoms with Gasteiger partial charge in [0.2, 0.25) is 0 Å². The summed E-state index contributed by atoms with van der Waals surface area (Å²) in [4.78, 5) is 14.1. The Balaban J connectivity index is 2.12. The van der Waals surface area contributed by atoms with Gasteiger partial charge in [-0.3, -0.25) is 4.79 Å². The largest absolute Gasteiger partial charge is 0.397 e. The molecule has 4 N–H and O–H groups in total. The summed E-state index contributed by atoms with van der Waals surface area (Å²) < 4.78 is 0. The zero-order valence-electron chi connectivity index (χ0n) is 11.0. The molecule has 0 aliphatic carbocycles. The van der Waals surface area contributed by atoms with Gasteiger partial charge in [0.1, 0.15) is 0 Å². The number of nitrogen functional groups attached to an aromatic ring is 1. The lowest BCUT2D eigenvalue weighted by molar-refractivity contribution is 0.0963. The van der Waals surface area contributed by atoms with Crippen molar-refractivity contribution in [3.8, 4) is 0 Å². The van der Waals surface area contributed by atoms with E-state index in [1.165, 1.54) is 9.75 Å². The Hall–Kier alpha value is -2.01. The van der Waals surface area contributed by atoms with E-state index >= 15 is 0 Å². The standard InChI is InChI=1S/C14H17N3OS/c1-9-3-5-11(19-9)8-17-13-7-10(14(18)16-2)4-6-12(13)15/h3-7,17H,8,15H2,1-2H3,(H,16,18). The van der Waals surface area contributed by atoms with Crippen molar-refractivity contribution in [3.63, 3.8) is 0 Å². The highest BCUT2D eigenvalue weighted by molar-refractivity contribution is 7.11. The zero-order chi connectivity index (χ0) is 13.8. The predicted molar refractivity (Wildman–Crippen MR) is 80.6 cm³/mol. The molecule has 1 aromatic carbocycles. The monoisotopic (exact) mass is 275 g/mol. The molecule has 0 fully saturated rings. The summed E-state index contributed by atoms with van der Waals surface area (Å²) in [6.07, 6.45) is 0. The number of thiophene rings is 1. The highest BCUT2D eigenvalue weighted by Crippen LogP contribution is 2.22. The van der Waals surface area contributed by atoms with Crippen LogP contribution in [0.1, 0.15) is 20.1 Å². The topological polar surface area (TPSA) is 67.2 Å². The van der Waals surface area contributed by atoms with Gasteiger partial charge in [-0.1, -0.05) is 0 Å². The van der Waals surface area contributed by atoms with Crippen molar-refractivity contribution in [1.82, 2.24) is 5.32 Å². The summed E-state index contributed by atoms with van der Waals surface area (Å²) in [6, 6.07) is 9.41. The second kappa shape index (κ2) is 5.75. The van der Waals surface area contributed by atoms with E-state index in [2.05, 4.69) is 29.7 Å². The molecule has 0 unspecified atom stereocenters. The van der Waals surface area contributed by atoms with Gasteiger partial charge in [-0.25, -0.2) is 0 Å². The Bertz CT molecular complexity index is 592.